The fraction of sp³-hybridized carbons (Fsp3) is 0.583. The number of carbonyl (C=O) groups excluding carboxylic acids is 1. The van der Waals surface area contributed by atoms with Crippen molar-refractivity contribution in [3.05, 3.63) is 21.3 Å². The third-order valence-corrected chi connectivity index (χ3v) is 4.50. The molecule has 2 N–H and O–H groups in total. The molecule has 2 heterocycles. The quantitative estimate of drug-likeness (QED) is 0.888. The predicted molar refractivity (Wildman–Crippen MR) is 71.1 cm³/mol. The van der Waals surface area contributed by atoms with Crippen molar-refractivity contribution in [2.45, 2.75) is 24.9 Å². The Morgan fingerprint density at radius 2 is 2.50 bits per heavy atom. The first-order valence-corrected chi connectivity index (χ1v) is 7.03. The summed E-state index contributed by atoms with van der Waals surface area (Å²) in [5, 5.41) is 12.8. The highest BCUT2D eigenvalue weighted by molar-refractivity contribution is 7.16. The van der Waals surface area contributed by atoms with Crippen molar-refractivity contribution in [1.82, 2.24) is 5.32 Å². The van der Waals surface area contributed by atoms with E-state index in [1.165, 1.54) is 11.3 Å². The van der Waals surface area contributed by atoms with Crippen LogP contribution >= 0.6 is 22.9 Å². The van der Waals surface area contributed by atoms with Crippen molar-refractivity contribution in [2.75, 3.05) is 19.8 Å². The van der Waals surface area contributed by atoms with Crippen LogP contribution in [-0.2, 0) is 9.53 Å². The van der Waals surface area contributed by atoms with Gasteiger partial charge in [-0.15, -0.1) is 11.3 Å². The molecule has 1 fully saturated rings. The van der Waals surface area contributed by atoms with Crippen molar-refractivity contribution in [2.24, 2.45) is 0 Å². The molecule has 1 aliphatic heterocycles. The molecule has 0 bridgehead atoms. The minimum atomic E-state index is -0.914. The van der Waals surface area contributed by atoms with Crippen LogP contribution in [0.2, 0.25) is 4.34 Å². The van der Waals surface area contributed by atoms with Gasteiger partial charge in [-0.25, -0.2) is 0 Å². The number of aliphatic hydroxyl groups is 1. The average molecular weight is 290 g/mol. The van der Waals surface area contributed by atoms with E-state index in [2.05, 4.69) is 5.32 Å². The summed E-state index contributed by atoms with van der Waals surface area (Å²) in [4.78, 5) is 12.9. The lowest BCUT2D eigenvalue weighted by atomic mass is 10.0. The summed E-state index contributed by atoms with van der Waals surface area (Å²) in [7, 11) is 0. The lowest BCUT2D eigenvalue weighted by Gasteiger charge is -2.21. The molecule has 0 radical (unpaired) electrons. The molecule has 6 heteroatoms. The lowest BCUT2D eigenvalue weighted by Crippen LogP contribution is -2.44. The van der Waals surface area contributed by atoms with Gasteiger partial charge in [0, 0.05) is 24.4 Å². The van der Waals surface area contributed by atoms with Gasteiger partial charge in [0.1, 0.15) is 5.60 Å². The monoisotopic (exact) mass is 289 g/mol. The molecule has 0 aromatic carbocycles. The van der Waals surface area contributed by atoms with Gasteiger partial charge in [-0.1, -0.05) is 11.6 Å². The van der Waals surface area contributed by atoms with Crippen molar-refractivity contribution < 1.29 is 14.6 Å². The molecule has 1 amide bonds. The first kappa shape index (κ1) is 13.8. The summed E-state index contributed by atoms with van der Waals surface area (Å²) >= 11 is 7.24. The molecule has 1 aliphatic rings. The summed E-state index contributed by atoms with van der Waals surface area (Å²) in [6.45, 7) is 2.89. The Morgan fingerprint density at radius 3 is 3.06 bits per heavy atom. The van der Waals surface area contributed by atoms with Crippen molar-refractivity contribution >= 4 is 28.8 Å². The molecule has 0 unspecified atom stereocenters. The maximum absolute atomic E-state index is 12.0. The van der Waals surface area contributed by atoms with Crippen LogP contribution in [0.4, 0.5) is 0 Å². The molecular weight excluding hydrogens is 274 g/mol. The molecule has 1 aromatic heterocycles. The number of hydrogen-bond donors (Lipinski definition) is 2. The van der Waals surface area contributed by atoms with Gasteiger partial charge in [0.25, 0.3) is 0 Å². The fourth-order valence-corrected chi connectivity index (χ4v) is 2.94. The summed E-state index contributed by atoms with van der Waals surface area (Å²) in [5.41, 5.74) is -0.914. The number of nitrogens with one attached hydrogen (secondary N) is 1. The number of ether oxygens (including phenoxy) is 1. The highest BCUT2D eigenvalue weighted by Gasteiger charge is 2.33. The van der Waals surface area contributed by atoms with E-state index in [-0.39, 0.29) is 25.0 Å². The minimum absolute atomic E-state index is 0.103. The number of thiophene rings is 1. The second-order valence-corrected chi connectivity index (χ2v) is 6.35. The van der Waals surface area contributed by atoms with Gasteiger partial charge < -0.3 is 15.2 Å². The van der Waals surface area contributed by atoms with Crippen LogP contribution in [0.15, 0.2) is 12.1 Å². The van der Waals surface area contributed by atoms with E-state index in [4.69, 9.17) is 16.3 Å². The predicted octanol–water partition coefficient (Wildman–Crippen LogP) is 1.77. The van der Waals surface area contributed by atoms with Gasteiger partial charge in [0.2, 0.25) is 5.91 Å². The Kier molecular flexibility index (Phi) is 4.27. The van der Waals surface area contributed by atoms with Gasteiger partial charge in [0.05, 0.1) is 16.9 Å². The molecule has 100 valence electrons. The molecule has 2 rings (SSSR count). The van der Waals surface area contributed by atoms with Gasteiger partial charge in [0.15, 0.2) is 0 Å². The molecule has 0 spiro atoms. The average Bonchev–Trinajstić information content (AvgIpc) is 2.95. The molecule has 1 aromatic rings. The van der Waals surface area contributed by atoms with Crippen LogP contribution < -0.4 is 5.32 Å². The van der Waals surface area contributed by atoms with Gasteiger partial charge in [-0.3, -0.25) is 4.79 Å². The molecule has 1 saturated heterocycles. The number of amides is 1. The van der Waals surface area contributed by atoms with Crippen LogP contribution in [-0.4, -0.2) is 36.4 Å². The summed E-state index contributed by atoms with van der Waals surface area (Å²) < 4.78 is 5.80. The third-order valence-electron chi connectivity index (χ3n) is 3.09. The van der Waals surface area contributed by atoms with Gasteiger partial charge in [-0.05, 0) is 19.1 Å². The topological polar surface area (TPSA) is 58.6 Å². The Morgan fingerprint density at radius 1 is 1.72 bits per heavy atom. The van der Waals surface area contributed by atoms with Crippen LogP contribution in [0.5, 0.6) is 0 Å². The Hall–Kier alpha value is -0.620. The smallest absolute Gasteiger partial charge is 0.228 e. The highest BCUT2D eigenvalue weighted by atomic mass is 35.5. The summed E-state index contributed by atoms with van der Waals surface area (Å²) in [6, 6.07) is 3.63. The van der Waals surface area contributed by atoms with Crippen LogP contribution in [0.3, 0.4) is 0 Å². The normalized spacial score (nSPS) is 25.1. The Balaban J connectivity index is 1.88. The Bertz CT molecular complexity index is 429. The van der Waals surface area contributed by atoms with Gasteiger partial charge >= 0.3 is 0 Å². The molecular formula is C12H16ClNO3S. The largest absolute Gasteiger partial charge is 0.386 e. The fourth-order valence-electron chi connectivity index (χ4n) is 1.83. The molecule has 4 nitrogen and oxygen atoms in total. The molecule has 0 aliphatic carbocycles. The van der Waals surface area contributed by atoms with Gasteiger partial charge in [-0.2, -0.15) is 0 Å². The lowest BCUT2D eigenvalue weighted by molar-refractivity contribution is -0.123. The minimum Gasteiger partial charge on any atom is -0.386 e. The second kappa shape index (κ2) is 5.57. The maximum Gasteiger partial charge on any atom is 0.228 e. The van der Waals surface area contributed by atoms with E-state index in [0.29, 0.717) is 17.4 Å². The zero-order chi connectivity index (χ0) is 13.2. The van der Waals surface area contributed by atoms with Crippen LogP contribution in [0, 0.1) is 0 Å². The number of carbonyl (C=O) groups is 1. The SMILES string of the molecule is C[C@H](C(=O)NC[C@]1(O)CCOC1)c1ccc(Cl)s1. The van der Waals surface area contributed by atoms with E-state index in [1.807, 2.05) is 13.0 Å². The van der Waals surface area contributed by atoms with Crippen LogP contribution in [0.25, 0.3) is 0 Å². The zero-order valence-corrected chi connectivity index (χ0v) is 11.7. The standard InChI is InChI=1S/C12H16ClNO3S/c1-8(9-2-3-10(13)18-9)11(15)14-6-12(16)4-5-17-7-12/h2-3,8,16H,4-7H2,1H3,(H,14,15)/t8-,12+/m0/s1. The third kappa shape index (κ3) is 3.23. The molecule has 2 atom stereocenters. The van der Waals surface area contributed by atoms with E-state index in [9.17, 15) is 9.90 Å². The highest BCUT2D eigenvalue weighted by Crippen LogP contribution is 2.28. The van der Waals surface area contributed by atoms with E-state index < -0.39 is 5.60 Å². The summed E-state index contributed by atoms with van der Waals surface area (Å²) in [6.07, 6.45) is 0.562. The first-order chi connectivity index (χ1) is 8.50. The van der Waals surface area contributed by atoms with E-state index >= 15 is 0 Å². The zero-order valence-electron chi connectivity index (χ0n) is 10.1. The maximum atomic E-state index is 12.0. The number of hydrogen-bond acceptors (Lipinski definition) is 4. The van der Waals surface area contributed by atoms with Crippen molar-refractivity contribution in [1.29, 1.82) is 0 Å². The number of rotatable bonds is 4. The first-order valence-electron chi connectivity index (χ1n) is 5.83. The van der Waals surface area contributed by atoms with Crippen molar-refractivity contribution in [3.8, 4) is 0 Å². The Labute approximate surface area is 115 Å². The second-order valence-electron chi connectivity index (χ2n) is 4.61. The molecule has 18 heavy (non-hydrogen) atoms. The van der Waals surface area contributed by atoms with Crippen molar-refractivity contribution in [3.63, 3.8) is 0 Å². The summed E-state index contributed by atoms with van der Waals surface area (Å²) in [5.74, 6) is -0.359. The van der Waals surface area contributed by atoms with E-state index in [1.54, 1.807) is 6.07 Å². The number of halogens is 1. The van der Waals surface area contributed by atoms with Crippen LogP contribution in [0.1, 0.15) is 24.1 Å². The van der Waals surface area contributed by atoms with E-state index in [0.717, 1.165) is 4.88 Å². The molecule has 0 saturated carbocycles.